The Morgan fingerprint density at radius 1 is 0.443 bits per heavy atom. The molecular weight excluding hydrogens is 785 g/mol. The third kappa shape index (κ3) is 8.06. The lowest BCUT2D eigenvalue weighted by Crippen LogP contribution is -2.64. The molecule has 1 fully saturated rings. The molecule has 5 atom stereocenters. The van der Waals surface area contributed by atoms with E-state index in [1.807, 2.05) is 91.0 Å². The van der Waals surface area contributed by atoms with Crippen LogP contribution in [0.4, 0.5) is 0 Å². The van der Waals surface area contributed by atoms with Crippen molar-refractivity contribution in [3.63, 3.8) is 0 Å². The average Bonchev–Trinajstić information content (AvgIpc) is 4.06. The number of aromatic nitrogens is 4. The van der Waals surface area contributed by atoms with Gasteiger partial charge < -0.3 is 48.7 Å². The molecule has 1 saturated heterocycles. The van der Waals surface area contributed by atoms with E-state index in [1.165, 1.54) is 0 Å². The van der Waals surface area contributed by atoms with E-state index in [0.29, 0.717) is 22.3 Å². The molecule has 0 bridgehead atoms. The Hall–Kier alpha value is -7.65. The number of aromatic amines is 4. The lowest BCUT2D eigenvalue weighted by atomic mass is 9.97. The Morgan fingerprint density at radius 3 is 1.11 bits per heavy atom. The van der Waals surface area contributed by atoms with Gasteiger partial charge in [0.1, 0.15) is 0 Å². The zero-order chi connectivity index (χ0) is 42.0. The van der Waals surface area contributed by atoms with E-state index in [0.717, 1.165) is 43.6 Å². The van der Waals surface area contributed by atoms with Crippen molar-refractivity contribution in [1.29, 1.82) is 0 Å². The van der Waals surface area contributed by atoms with Crippen LogP contribution < -0.4 is 0 Å². The topological polar surface area (TPSA) is 215 Å². The lowest BCUT2D eigenvalue weighted by Gasteiger charge is -2.42. The second-order valence-corrected chi connectivity index (χ2v) is 14.8. The predicted octanol–water partition coefficient (Wildman–Crippen LogP) is 5.97. The lowest BCUT2D eigenvalue weighted by molar-refractivity contribution is -0.294. The van der Waals surface area contributed by atoms with Gasteiger partial charge >= 0.3 is 29.8 Å². The third-order valence-electron chi connectivity index (χ3n) is 10.8. The number of carboxylic acid groups (broad SMARTS) is 1. The maximum Gasteiger partial charge on any atom is 0.337 e. The smallest absolute Gasteiger partial charge is 0.337 e. The van der Waals surface area contributed by atoms with E-state index < -0.39 is 60.6 Å². The molecule has 4 aromatic carbocycles. The molecule has 0 unspecified atom stereocenters. The molecule has 61 heavy (non-hydrogen) atoms. The number of ether oxygens (including phenoxy) is 5. The van der Waals surface area contributed by atoms with Gasteiger partial charge in [-0.15, -0.1) is 0 Å². The second kappa shape index (κ2) is 16.5. The van der Waals surface area contributed by atoms with E-state index in [1.54, 1.807) is 30.9 Å². The molecule has 5 heterocycles. The third-order valence-corrected chi connectivity index (χ3v) is 10.8. The fraction of sp³-hybridized carbons (Fsp3) is 0.196. The molecule has 1 aliphatic heterocycles. The summed E-state index contributed by atoms with van der Waals surface area (Å²) in [5.74, 6) is -5.11. The Kier molecular flexibility index (Phi) is 10.5. The molecule has 8 aromatic rings. The number of esters is 4. The Labute approximate surface area is 345 Å². The highest BCUT2D eigenvalue weighted by molar-refractivity contribution is 5.90. The fourth-order valence-electron chi connectivity index (χ4n) is 7.98. The molecule has 15 nitrogen and oxygen atoms in total. The van der Waals surface area contributed by atoms with Crippen LogP contribution >= 0.6 is 0 Å². The van der Waals surface area contributed by atoms with Gasteiger partial charge in [0, 0.05) is 68.4 Å². The van der Waals surface area contributed by atoms with Crippen molar-refractivity contribution in [3.8, 4) is 0 Å². The number of aliphatic carboxylic acids is 1. The summed E-state index contributed by atoms with van der Waals surface area (Å²) in [7, 11) is 0. The van der Waals surface area contributed by atoms with E-state index >= 15 is 0 Å². The summed E-state index contributed by atoms with van der Waals surface area (Å²) in [4.78, 5) is 81.0. The fourth-order valence-corrected chi connectivity index (χ4v) is 7.98. The number of carbonyl (C=O) groups is 5. The molecule has 0 spiro atoms. The molecule has 308 valence electrons. The average molecular weight is 823 g/mol. The van der Waals surface area contributed by atoms with Gasteiger partial charge in [-0.2, -0.15) is 0 Å². The highest BCUT2D eigenvalue weighted by Crippen LogP contribution is 2.32. The summed E-state index contributed by atoms with van der Waals surface area (Å²) >= 11 is 0. The first-order valence-corrected chi connectivity index (χ1v) is 19.5. The first-order valence-electron chi connectivity index (χ1n) is 19.5. The van der Waals surface area contributed by atoms with E-state index in [2.05, 4.69) is 19.9 Å². The van der Waals surface area contributed by atoms with Gasteiger partial charge in [0.15, 0.2) is 18.3 Å². The van der Waals surface area contributed by atoms with Crippen molar-refractivity contribution >= 4 is 73.5 Å². The first kappa shape index (κ1) is 38.8. The quantitative estimate of drug-likeness (QED) is 0.0675. The van der Waals surface area contributed by atoms with Gasteiger partial charge in [-0.05, 0) is 46.5 Å². The van der Waals surface area contributed by atoms with Gasteiger partial charge in [0.2, 0.25) is 12.4 Å². The second-order valence-electron chi connectivity index (χ2n) is 14.8. The summed E-state index contributed by atoms with van der Waals surface area (Å²) in [6.07, 6.45) is -4.13. The molecule has 0 aliphatic carbocycles. The maximum absolute atomic E-state index is 14.0. The summed E-state index contributed by atoms with van der Waals surface area (Å²) < 4.78 is 29.7. The van der Waals surface area contributed by atoms with Gasteiger partial charge in [-0.3, -0.25) is 19.2 Å². The van der Waals surface area contributed by atoms with Gasteiger partial charge in [-0.1, -0.05) is 72.8 Å². The van der Waals surface area contributed by atoms with E-state index in [-0.39, 0.29) is 25.7 Å². The summed E-state index contributed by atoms with van der Waals surface area (Å²) in [6.45, 7) is 0. The Bertz CT molecular complexity index is 2940. The van der Waals surface area contributed by atoms with Crippen molar-refractivity contribution < 1.29 is 52.8 Å². The van der Waals surface area contributed by atoms with Crippen LogP contribution in [-0.2, 0) is 73.3 Å². The number of rotatable bonds is 13. The number of benzene rings is 4. The van der Waals surface area contributed by atoms with Crippen LogP contribution in [0.2, 0.25) is 0 Å². The summed E-state index contributed by atoms with van der Waals surface area (Å²) in [5, 5.41) is 13.6. The van der Waals surface area contributed by atoms with Crippen molar-refractivity contribution in [3.05, 3.63) is 144 Å². The normalized spacial score (nSPS) is 18.9. The number of hydrogen-bond acceptors (Lipinski definition) is 10. The minimum absolute atomic E-state index is 0.286. The molecular formula is C46H38N4O11. The standard InChI is InChI=1S/C46H38N4O11/c51-37(17-25-21-47-33-13-5-1-9-29(25)33)57-41-42(58-38(52)18-26-22-48-34-14-6-2-10-30(26)34)44(59-39(53)19-27-23-49-35-15-7-3-11-31(27)35)46(61-43(41)45(55)56)60-40(54)20-28-24-50-36-16-8-4-12-32(28)36/h1-16,21-24,41-44,46-50H,17-20H2,(H,55,56)/t41-,42-,43-,44+,46-/m0/s1. The van der Waals surface area contributed by atoms with Crippen LogP contribution in [-0.4, -0.2) is 85.6 Å². The molecule has 4 aromatic heterocycles. The molecule has 1 aliphatic rings. The Morgan fingerprint density at radius 2 is 0.754 bits per heavy atom. The molecule has 0 amide bonds. The minimum Gasteiger partial charge on any atom is -0.479 e. The van der Waals surface area contributed by atoms with Crippen molar-refractivity contribution in [1.82, 2.24) is 19.9 Å². The highest BCUT2D eigenvalue weighted by atomic mass is 16.7. The number of carboxylic acids is 1. The molecule has 0 radical (unpaired) electrons. The van der Waals surface area contributed by atoms with Crippen LogP contribution in [0.1, 0.15) is 22.3 Å². The van der Waals surface area contributed by atoms with Crippen LogP contribution in [0, 0.1) is 0 Å². The molecule has 5 N–H and O–H groups in total. The summed E-state index contributed by atoms with van der Waals surface area (Å²) in [6, 6.07) is 29.2. The number of nitrogens with one attached hydrogen (secondary N) is 4. The first-order chi connectivity index (χ1) is 29.7. The number of para-hydroxylation sites is 4. The number of H-pyrrole nitrogens is 4. The van der Waals surface area contributed by atoms with Crippen LogP contribution in [0.3, 0.4) is 0 Å². The van der Waals surface area contributed by atoms with Crippen molar-refractivity contribution in [2.24, 2.45) is 0 Å². The number of carbonyl (C=O) groups excluding carboxylic acids is 4. The van der Waals surface area contributed by atoms with Crippen molar-refractivity contribution in [2.75, 3.05) is 0 Å². The number of fused-ring (bicyclic) bond motifs is 4. The maximum atomic E-state index is 14.0. The predicted molar refractivity (Wildman–Crippen MR) is 220 cm³/mol. The molecule has 15 heteroatoms. The monoisotopic (exact) mass is 822 g/mol. The van der Waals surface area contributed by atoms with Crippen molar-refractivity contribution in [2.45, 2.75) is 56.4 Å². The van der Waals surface area contributed by atoms with Gasteiger partial charge in [0.25, 0.3) is 0 Å². The van der Waals surface area contributed by atoms with Gasteiger partial charge in [-0.25, -0.2) is 4.79 Å². The molecule has 0 saturated carbocycles. The Balaban J connectivity index is 1.06. The zero-order valence-corrected chi connectivity index (χ0v) is 32.3. The highest BCUT2D eigenvalue weighted by Gasteiger charge is 2.56. The minimum atomic E-state index is -2.05. The largest absolute Gasteiger partial charge is 0.479 e. The SMILES string of the molecule is O=C(Cc1c[nH]c2ccccc12)O[C@H]1O[C@H](C(=O)O)[C@@H](OC(=O)Cc2c[nH]c3ccccc23)[C@H](OC(=O)Cc2c[nH]c3ccccc23)[C@H]1OC(=O)Cc1c[nH]c2ccccc12. The van der Waals surface area contributed by atoms with Gasteiger partial charge in [0.05, 0.1) is 25.7 Å². The van der Waals surface area contributed by atoms with Crippen LogP contribution in [0.15, 0.2) is 122 Å². The van der Waals surface area contributed by atoms with Crippen LogP contribution in [0.25, 0.3) is 43.6 Å². The van der Waals surface area contributed by atoms with E-state index in [9.17, 15) is 29.1 Å². The zero-order valence-electron chi connectivity index (χ0n) is 32.3. The summed E-state index contributed by atoms with van der Waals surface area (Å²) in [5.41, 5.74) is 5.33. The van der Waals surface area contributed by atoms with Crippen LogP contribution in [0.5, 0.6) is 0 Å². The van der Waals surface area contributed by atoms with E-state index in [4.69, 9.17) is 23.7 Å². The molecule has 9 rings (SSSR count). The number of hydrogen-bond donors (Lipinski definition) is 5.